The fourth-order valence-corrected chi connectivity index (χ4v) is 2.14. The number of amides is 1. The molecule has 1 heterocycles. The van der Waals surface area contributed by atoms with Crippen LogP contribution in [0.3, 0.4) is 0 Å². The fraction of sp³-hybridized carbons (Fsp3) is 0.286. The van der Waals surface area contributed by atoms with Crippen molar-refractivity contribution in [2.75, 3.05) is 20.2 Å². The number of aryl methyl sites for hydroxylation is 1. The SMILES string of the molecule is Cc1cc(C(=O)N(C)CCO)c2cc(Cl)ccc2n1. The second-order valence-corrected chi connectivity index (χ2v) is 4.86. The molecule has 0 saturated heterocycles. The summed E-state index contributed by atoms with van der Waals surface area (Å²) in [4.78, 5) is 18.2. The summed E-state index contributed by atoms with van der Waals surface area (Å²) in [6.07, 6.45) is 0. The summed E-state index contributed by atoms with van der Waals surface area (Å²) in [6, 6.07) is 7.04. The molecule has 2 rings (SSSR count). The van der Waals surface area contributed by atoms with Crippen LogP contribution in [0, 0.1) is 6.92 Å². The van der Waals surface area contributed by atoms with Gasteiger partial charge in [-0.05, 0) is 31.2 Å². The van der Waals surface area contributed by atoms with Crippen molar-refractivity contribution in [3.05, 3.63) is 40.5 Å². The lowest BCUT2D eigenvalue weighted by molar-refractivity contribution is 0.0768. The van der Waals surface area contributed by atoms with Crippen molar-refractivity contribution in [1.82, 2.24) is 9.88 Å². The van der Waals surface area contributed by atoms with Crippen LogP contribution in [0.2, 0.25) is 5.02 Å². The first-order chi connectivity index (χ1) is 9.02. The number of rotatable bonds is 3. The second kappa shape index (κ2) is 5.55. The Balaban J connectivity index is 2.58. The van der Waals surface area contributed by atoms with Crippen LogP contribution in [0.25, 0.3) is 10.9 Å². The van der Waals surface area contributed by atoms with E-state index >= 15 is 0 Å². The molecular weight excluding hydrogens is 264 g/mol. The molecule has 0 aliphatic rings. The van der Waals surface area contributed by atoms with Crippen LogP contribution in [0.1, 0.15) is 16.1 Å². The first kappa shape index (κ1) is 13.8. The average molecular weight is 279 g/mol. The third-order valence-corrected chi connectivity index (χ3v) is 3.15. The number of likely N-dealkylation sites (N-methyl/N-ethyl adjacent to an activating group) is 1. The zero-order valence-electron chi connectivity index (χ0n) is 10.9. The number of carbonyl (C=O) groups is 1. The number of hydrogen-bond acceptors (Lipinski definition) is 3. The smallest absolute Gasteiger partial charge is 0.254 e. The molecule has 4 nitrogen and oxygen atoms in total. The van der Waals surface area contributed by atoms with Gasteiger partial charge in [0.05, 0.1) is 17.7 Å². The number of hydrogen-bond donors (Lipinski definition) is 1. The summed E-state index contributed by atoms with van der Waals surface area (Å²) in [6.45, 7) is 2.07. The Bertz CT molecular complexity index is 628. The summed E-state index contributed by atoms with van der Waals surface area (Å²) >= 11 is 5.98. The van der Waals surface area contributed by atoms with E-state index in [4.69, 9.17) is 16.7 Å². The molecule has 0 unspecified atom stereocenters. The predicted octanol–water partition coefficient (Wildman–Crippen LogP) is 2.26. The van der Waals surface area contributed by atoms with Crippen LogP contribution in [0.15, 0.2) is 24.3 Å². The van der Waals surface area contributed by atoms with E-state index in [-0.39, 0.29) is 12.5 Å². The molecule has 0 bridgehead atoms. The van der Waals surface area contributed by atoms with Crippen molar-refractivity contribution in [1.29, 1.82) is 0 Å². The van der Waals surface area contributed by atoms with Gasteiger partial charge in [0.2, 0.25) is 0 Å². The number of nitrogens with zero attached hydrogens (tertiary/aromatic N) is 2. The summed E-state index contributed by atoms with van der Waals surface area (Å²) in [5.74, 6) is -0.146. The molecule has 0 fully saturated rings. The minimum Gasteiger partial charge on any atom is -0.395 e. The van der Waals surface area contributed by atoms with Gasteiger partial charge < -0.3 is 10.0 Å². The minimum absolute atomic E-state index is 0.0645. The van der Waals surface area contributed by atoms with Gasteiger partial charge in [0, 0.05) is 29.7 Å². The lowest BCUT2D eigenvalue weighted by atomic mass is 10.1. The number of aliphatic hydroxyl groups excluding tert-OH is 1. The van der Waals surface area contributed by atoms with E-state index in [2.05, 4.69) is 4.98 Å². The van der Waals surface area contributed by atoms with E-state index in [0.717, 1.165) is 16.6 Å². The summed E-state index contributed by atoms with van der Waals surface area (Å²) in [5, 5.41) is 10.2. The number of halogens is 1. The molecular formula is C14H15ClN2O2. The molecule has 5 heteroatoms. The van der Waals surface area contributed by atoms with Crippen molar-refractivity contribution in [2.45, 2.75) is 6.92 Å². The molecule has 0 aliphatic heterocycles. The molecule has 2 aromatic rings. The Morgan fingerprint density at radius 1 is 1.42 bits per heavy atom. The zero-order valence-corrected chi connectivity index (χ0v) is 11.6. The van der Waals surface area contributed by atoms with Crippen LogP contribution in [0.4, 0.5) is 0 Å². The maximum Gasteiger partial charge on any atom is 0.254 e. The molecule has 1 N–H and O–H groups in total. The van der Waals surface area contributed by atoms with Gasteiger partial charge in [-0.25, -0.2) is 0 Å². The van der Waals surface area contributed by atoms with E-state index in [1.165, 1.54) is 4.90 Å². The molecule has 0 atom stereocenters. The molecule has 0 spiro atoms. The van der Waals surface area contributed by atoms with E-state index in [1.807, 2.05) is 6.92 Å². The highest BCUT2D eigenvalue weighted by atomic mass is 35.5. The Morgan fingerprint density at radius 3 is 2.84 bits per heavy atom. The zero-order chi connectivity index (χ0) is 14.0. The van der Waals surface area contributed by atoms with Crippen molar-refractivity contribution in [3.63, 3.8) is 0 Å². The largest absolute Gasteiger partial charge is 0.395 e. The van der Waals surface area contributed by atoms with E-state index in [0.29, 0.717) is 17.1 Å². The quantitative estimate of drug-likeness (QED) is 0.937. The molecule has 0 aliphatic carbocycles. The first-order valence-corrected chi connectivity index (χ1v) is 6.34. The Morgan fingerprint density at radius 2 is 2.16 bits per heavy atom. The van der Waals surface area contributed by atoms with Gasteiger partial charge in [0.1, 0.15) is 0 Å². The van der Waals surface area contributed by atoms with Crippen LogP contribution in [0.5, 0.6) is 0 Å². The van der Waals surface area contributed by atoms with Gasteiger partial charge in [-0.2, -0.15) is 0 Å². The first-order valence-electron chi connectivity index (χ1n) is 5.96. The number of pyridine rings is 1. The van der Waals surface area contributed by atoms with Crippen LogP contribution in [-0.2, 0) is 0 Å². The van der Waals surface area contributed by atoms with Gasteiger partial charge in [0.15, 0.2) is 0 Å². The van der Waals surface area contributed by atoms with Gasteiger partial charge in [-0.15, -0.1) is 0 Å². The Kier molecular flexibility index (Phi) is 4.02. The van der Waals surface area contributed by atoms with Crippen LogP contribution < -0.4 is 0 Å². The van der Waals surface area contributed by atoms with E-state index in [9.17, 15) is 4.79 Å². The van der Waals surface area contributed by atoms with Gasteiger partial charge in [0.25, 0.3) is 5.91 Å². The highest BCUT2D eigenvalue weighted by Crippen LogP contribution is 2.23. The summed E-state index contributed by atoms with van der Waals surface area (Å²) in [5.41, 5.74) is 2.07. The number of carbonyl (C=O) groups excluding carboxylic acids is 1. The van der Waals surface area contributed by atoms with Gasteiger partial charge in [-0.1, -0.05) is 11.6 Å². The number of benzene rings is 1. The molecule has 0 radical (unpaired) electrons. The average Bonchev–Trinajstić information content (AvgIpc) is 2.38. The highest BCUT2D eigenvalue weighted by Gasteiger charge is 2.16. The van der Waals surface area contributed by atoms with Crippen molar-refractivity contribution in [2.24, 2.45) is 0 Å². The Labute approximate surface area is 116 Å². The third kappa shape index (κ3) is 2.85. The highest BCUT2D eigenvalue weighted by molar-refractivity contribution is 6.31. The van der Waals surface area contributed by atoms with Gasteiger partial charge in [-0.3, -0.25) is 9.78 Å². The van der Waals surface area contributed by atoms with Gasteiger partial charge >= 0.3 is 0 Å². The number of fused-ring (bicyclic) bond motifs is 1. The van der Waals surface area contributed by atoms with Crippen LogP contribution in [-0.4, -0.2) is 41.1 Å². The lowest BCUT2D eigenvalue weighted by Gasteiger charge is -2.17. The summed E-state index contributed by atoms with van der Waals surface area (Å²) < 4.78 is 0. The molecule has 19 heavy (non-hydrogen) atoms. The van der Waals surface area contributed by atoms with Crippen molar-refractivity contribution < 1.29 is 9.90 Å². The fourth-order valence-electron chi connectivity index (χ4n) is 1.96. The normalized spacial score (nSPS) is 10.7. The predicted molar refractivity (Wildman–Crippen MR) is 75.5 cm³/mol. The second-order valence-electron chi connectivity index (χ2n) is 4.42. The minimum atomic E-state index is -0.146. The van der Waals surface area contributed by atoms with E-state index in [1.54, 1.807) is 31.3 Å². The molecule has 100 valence electrons. The number of aromatic nitrogens is 1. The molecule has 1 aromatic carbocycles. The topological polar surface area (TPSA) is 53.4 Å². The standard InChI is InChI=1S/C14H15ClN2O2/c1-9-7-12(14(19)17(2)5-6-18)11-8-10(15)3-4-13(11)16-9/h3-4,7-8,18H,5-6H2,1-2H3. The molecule has 0 saturated carbocycles. The monoisotopic (exact) mass is 278 g/mol. The lowest BCUT2D eigenvalue weighted by Crippen LogP contribution is -2.29. The maximum atomic E-state index is 12.4. The summed E-state index contributed by atoms with van der Waals surface area (Å²) in [7, 11) is 1.66. The van der Waals surface area contributed by atoms with E-state index < -0.39 is 0 Å². The Hall–Kier alpha value is -1.65. The number of aliphatic hydroxyl groups is 1. The molecule has 1 aromatic heterocycles. The maximum absolute atomic E-state index is 12.4. The van der Waals surface area contributed by atoms with Crippen LogP contribution >= 0.6 is 11.6 Å². The third-order valence-electron chi connectivity index (χ3n) is 2.91. The molecule has 1 amide bonds. The van der Waals surface area contributed by atoms with Crippen molar-refractivity contribution >= 4 is 28.4 Å². The van der Waals surface area contributed by atoms with Crippen molar-refractivity contribution in [3.8, 4) is 0 Å².